The fourth-order valence-electron chi connectivity index (χ4n) is 3.90. The van der Waals surface area contributed by atoms with Crippen LogP contribution in [0.2, 0.25) is 0 Å². The summed E-state index contributed by atoms with van der Waals surface area (Å²) in [6, 6.07) is 5.27. The van der Waals surface area contributed by atoms with Gasteiger partial charge in [0.25, 0.3) is 0 Å². The zero-order valence-electron chi connectivity index (χ0n) is 14.1. The van der Waals surface area contributed by atoms with E-state index >= 15 is 0 Å². The van der Waals surface area contributed by atoms with Crippen molar-refractivity contribution in [3.63, 3.8) is 0 Å². The molecule has 0 aromatic carbocycles. The zero-order chi connectivity index (χ0) is 16.6. The summed E-state index contributed by atoms with van der Waals surface area (Å²) >= 11 is 0. The van der Waals surface area contributed by atoms with Gasteiger partial charge in [0.05, 0.1) is 6.20 Å². The van der Waals surface area contributed by atoms with Crippen LogP contribution in [0.15, 0.2) is 43.2 Å². The molecule has 0 bridgehead atoms. The summed E-state index contributed by atoms with van der Waals surface area (Å²) in [5.41, 5.74) is 1.08. The Kier molecular flexibility index (Phi) is 3.50. The zero-order valence-corrected chi connectivity index (χ0v) is 14.1. The highest BCUT2D eigenvalue weighted by atomic mass is 15.3. The highest BCUT2D eigenvalue weighted by Crippen LogP contribution is 2.35. The Morgan fingerprint density at radius 1 is 0.920 bits per heavy atom. The third-order valence-electron chi connectivity index (χ3n) is 5.23. The fourth-order valence-corrected chi connectivity index (χ4v) is 3.90. The molecule has 3 aromatic heterocycles. The topological polar surface area (TPSA) is 62.5 Å². The third-order valence-corrected chi connectivity index (χ3v) is 5.23. The van der Waals surface area contributed by atoms with E-state index in [1.807, 2.05) is 41.4 Å². The first-order valence-corrected chi connectivity index (χ1v) is 8.98. The van der Waals surface area contributed by atoms with Crippen molar-refractivity contribution in [2.45, 2.75) is 37.8 Å². The van der Waals surface area contributed by atoms with Crippen LogP contribution in [0, 0.1) is 0 Å². The van der Waals surface area contributed by atoms with Gasteiger partial charge in [-0.2, -0.15) is 5.10 Å². The molecule has 1 aliphatic carbocycles. The molecule has 0 spiro atoms. The number of hydrogen-bond acceptors (Lipinski definition) is 6. The molecular formula is C18H21N7. The van der Waals surface area contributed by atoms with Crippen LogP contribution >= 0.6 is 0 Å². The number of anilines is 2. The van der Waals surface area contributed by atoms with E-state index in [4.69, 9.17) is 0 Å². The Balaban J connectivity index is 1.35. The van der Waals surface area contributed by atoms with Gasteiger partial charge in [-0.25, -0.2) is 19.5 Å². The van der Waals surface area contributed by atoms with Gasteiger partial charge >= 0.3 is 0 Å². The van der Waals surface area contributed by atoms with Crippen molar-refractivity contribution in [2.75, 3.05) is 22.9 Å². The van der Waals surface area contributed by atoms with Crippen molar-refractivity contribution in [3.05, 3.63) is 43.2 Å². The van der Waals surface area contributed by atoms with Crippen molar-refractivity contribution in [2.24, 2.45) is 0 Å². The molecular weight excluding hydrogens is 314 g/mol. The van der Waals surface area contributed by atoms with Gasteiger partial charge < -0.3 is 9.80 Å². The predicted octanol–water partition coefficient (Wildman–Crippen LogP) is 2.16. The maximum Gasteiger partial charge on any atom is 0.154 e. The minimum Gasteiger partial charge on any atom is -0.355 e. The number of rotatable bonds is 4. The summed E-state index contributed by atoms with van der Waals surface area (Å²) in [6.07, 6.45) is 13.9. The lowest BCUT2D eigenvalue weighted by atomic mass is 10.0. The summed E-state index contributed by atoms with van der Waals surface area (Å²) in [6.45, 7) is 2.02. The smallest absolute Gasteiger partial charge is 0.154 e. The van der Waals surface area contributed by atoms with E-state index in [0.29, 0.717) is 12.1 Å². The molecule has 4 heterocycles. The maximum atomic E-state index is 4.61. The molecule has 0 N–H and O–H groups in total. The van der Waals surface area contributed by atoms with Crippen molar-refractivity contribution in [1.29, 1.82) is 0 Å². The van der Waals surface area contributed by atoms with Gasteiger partial charge in [-0.15, -0.1) is 0 Å². The van der Waals surface area contributed by atoms with E-state index in [0.717, 1.165) is 43.1 Å². The first kappa shape index (κ1) is 14.6. The van der Waals surface area contributed by atoms with E-state index in [-0.39, 0.29) is 0 Å². The monoisotopic (exact) mass is 335 g/mol. The fraction of sp³-hybridized carbons (Fsp3) is 0.444. The predicted molar refractivity (Wildman–Crippen MR) is 95.8 cm³/mol. The standard InChI is InChI=1S/C18H21N7/c1-2-14(1)25(17-4-7-19-13-21-17)15-5-10-23(11-6-15)18-16-3-8-22-24(16)12-9-20-18/h3-4,7-9,12-15H,1-2,5-6,10-11H2. The number of hydrogen-bond donors (Lipinski definition) is 0. The van der Waals surface area contributed by atoms with Crippen molar-refractivity contribution >= 4 is 17.2 Å². The van der Waals surface area contributed by atoms with E-state index in [2.05, 4.69) is 29.9 Å². The number of nitrogens with zero attached hydrogens (tertiary/aromatic N) is 7. The average Bonchev–Trinajstić information content (AvgIpc) is 3.38. The number of aromatic nitrogens is 5. The Bertz CT molecular complexity index is 850. The van der Waals surface area contributed by atoms with Crippen LogP contribution in [0.3, 0.4) is 0 Å². The van der Waals surface area contributed by atoms with Crippen LogP contribution < -0.4 is 9.80 Å². The minimum absolute atomic E-state index is 0.545. The molecule has 7 heteroatoms. The second-order valence-electron chi connectivity index (χ2n) is 6.84. The van der Waals surface area contributed by atoms with Crippen molar-refractivity contribution < 1.29 is 0 Å². The summed E-state index contributed by atoms with van der Waals surface area (Å²) in [5.74, 6) is 2.12. The van der Waals surface area contributed by atoms with Crippen LogP contribution in [0.5, 0.6) is 0 Å². The van der Waals surface area contributed by atoms with Gasteiger partial charge in [0.1, 0.15) is 17.7 Å². The maximum absolute atomic E-state index is 4.61. The van der Waals surface area contributed by atoms with Crippen molar-refractivity contribution in [1.82, 2.24) is 24.6 Å². The van der Waals surface area contributed by atoms with Gasteiger partial charge in [0, 0.05) is 43.8 Å². The molecule has 2 aliphatic rings. The summed E-state index contributed by atoms with van der Waals surface area (Å²) in [5, 5.41) is 4.32. The van der Waals surface area contributed by atoms with Gasteiger partial charge in [-0.3, -0.25) is 0 Å². The number of piperidine rings is 1. The van der Waals surface area contributed by atoms with Gasteiger partial charge in [-0.1, -0.05) is 0 Å². The molecule has 1 saturated carbocycles. The lowest BCUT2D eigenvalue weighted by Gasteiger charge is -2.39. The van der Waals surface area contributed by atoms with Crippen LogP contribution in [0.25, 0.3) is 5.52 Å². The third kappa shape index (κ3) is 2.69. The van der Waals surface area contributed by atoms with E-state index in [9.17, 15) is 0 Å². The Morgan fingerprint density at radius 2 is 1.76 bits per heavy atom. The quantitative estimate of drug-likeness (QED) is 0.728. The first-order valence-electron chi connectivity index (χ1n) is 8.98. The largest absolute Gasteiger partial charge is 0.355 e. The molecule has 7 nitrogen and oxygen atoms in total. The second kappa shape index (κ2) is 5.98. The lowest BCUT2D eigenvalue weighted by Crippen LogP contribution is -2.46. The molecule has 1 saturated heterocycles. The van der Waals surface area contributed by atoms with Crippen LogP contribution in [-0.4, -0.2) is 49.7 Å². The molecule has 5 rings (SSSR count). The molecule has 3 aromatic rings. The van der Waals surface area contributed by atoms with E-state index < -0.39 is 0 Å². The Morgan fingerprint density at radius 3 is 2.52 bits per heavy atom. The molecule has 1 aliphatic heterocycles. The molecule has 0 atom stereocenters. The average molecular weight is 335 g/mol. The van der Waals surface area contributed by atoms with Crippen LogP contribution in [0.4, 0.5) is 11.6 Å². The first-order chi connectivity index (χ1) is 12.4. The normalized spacial score (nSPS) is 18.6. The summed E-state index contributed by atoms with van der Waals surface area (Å²) in [4.78, 5) is 18.1. The highest BCUT2D eigenvalue weighted by Gasteiger charge is 2.36. The van der Waals surface area contributed by atoms with Crippen LogP contribution in [-0.2, 0) is 0 Å². The van der Waals surface area contributed by atoms with Gasteiger partial charge in [-0.05, 0) is 37.8 Å². The molecule has 128 valence electrons. The van der Waals surface area contributed by atoms with Gasteiger partial charge in [0.15, 0.2) is 5.82 Å². The molecule has 2 fully saturated rings. The van der Waals surface area contributed by atoms with Gasteiger partial charge in [0.2, 0.25) is 0 Å². The SMILES string of the molecule is c1cc(N(C2CC2)C2CCN(c3nccn4nccc34)CC2)ncn1. The molecule has 0 radical (unpaired) electrons. The van der Waals surface area contributed by atoms with E-state index in [1.54, 1.807) is 6.33 Å². The summed E-state index contributed by atoms with van der Waals surface area (Å²) < 4.78 is 1.89. The van der Waals surface area contributed by atoms with Crippen LogP contribution in [0.1, 0.15) is 25.7 Å². The molecule has 0 unspecified atom stereocenters. The van der Waals surface area contributed by atoms with E-state index in [1.165, 1.54) is 12.8 Å². The Hall–Kier alpha value is -2.70. The second-order valence-corrected chi connectivity index (χ2v) is 6.84. The molecule has 0 amide bonds. The van der Waals surface area contributed by atoms with Crippen molar-refractivity contribution in [3.8, 4) is 0 Å². The number of fused-ring (bicyclic) bond motifs is 1. The minimum atomic E-state index is 0.545. The molecule has 25 heavy (non-hydrogen) atoms. The Labute approximate surface area is 146 Å². The highest BCUT2D eigenvalue weighted by molar-refractivity contribution is 5.68. The lowest BCUT2D eigenvalue weighted by molar-refractivity contribution is 0.457. The summed E-state index contributed by atoms with van der Waals surface area (Å²) in [7, 11) is 0.